The third-order valence-corrected chi connectivity index (χ3v) is 4.86. The molecule has 26 heavy (non-hydrogen) atoms. The molecule has 0 bridgehead atoms. The fourth-order valence-corrected chi connectivity index (χ4v) is 3.30. The van der Waals surface area contributed by atoms with Crippen LogP contribution in [-0.4, -0.2) is 25.1 Å². The maximum absolute atomic E-state index is 12.1. The van der Waals surface area contributed by atoms with E-state index in [1.54, 1.807) is 0 Å². The molecule has 0 fully saturated rings. The van der Waals surface area contributed by atoms with Gasteiger partial charge in [0.2, 0.25) is 5.91 Å². The van der Waals surface area contributed by atoms with Crippen LogP contribution in [0.1, 0.15) is 42.4 Å². The van der Waals surface area contributed by atoms with E-state index in [1.807, 2.05) is 54.8 Å². The van der Waals surface area contributed by atoms with Crippen LogP contribution in [0.5, 0.6) is 0 Å². The number of carbonyl (C=O) groups is 2. The van der Waals surface area contributed by atoms with Crippen molar-refractivity contribution in [2.24, 2.45) is 5.73 Å². The van der Waals surface area contributed by atoms with E-state index in [4.69, 9.17) is 10.5 Å². The molecule has 0 saturated heterocycles. The first kappa shape index (κ1) is 19.9. The Hall–Kier alpha value is -2.38. The molecule has 2 rings (SSSR count). The van der Waals surface area contributed by atoms with E-state index in [2.05, 4.69) is 10.6 Å². The van der Waals surface area contributed by atoms with Crippen molar-refractivity contribution in [2.75, 3.05) is 13.2 Å². The summed E-state index contributed by atoms with van der Waals surface area (Å²) in [5, 5.41) is 7.36. The predicted octanol–water partition coefficient (Wildman–Crippen LogP) is 3.13. The standard InChI is InChI=1S/C19H25N3O3S/c1-14(15-7-3-2-4-8-15)25-11-6-10-21-18(23)13-16(22-19(20)24)17-9-5-12-26-17/h2-5,7-9,12,14,16H,6,10-11,13H2,1H3,(H,21,23)(H3,20,22,24). The van der Waals surface area contributed by atoms with E-state index in [9.17, 15) is 9.59 Å². The lowest BCUT2D eigenvalue weighted by atomic mass is 10.1. The Morgan fingerprint density at radius 2 is 1.96 bits per heavy atom. The summed E-state index contributed by atoms with van der Waals surface area (Å²) in [5.74, 6) is -0.131. The Bertz CT molecular complexity index is 677. The first-order chi connectivity index (χ1) is 12.6. The van der Waals surface area contributed by atoms with Gasteiger partial charge in [-0.05, 0) is 30.4 Å². The van der Waals surface area contributed by atoms with Gasteiger partial charge in [-0.3, -0.25) is 4.79 Å². The summed E-state index contributed by atoms with van der Waals surface area (Å²) in [4.78, 5) is 24.1. The Morgan fingerprint density at radius 3 is 2.62 bits per heavy atom. The zero-order chi connectivity index (χ0) is 18.8. The number of primary amides is 1. The second-order valence-electron chi connectivity index (χ2n) is 5.91. The van der Waals surface area contributed by atoms with Crippen molar-refractivity contribution < 1.29 is 14.3 Å². The molecule has 0 aliphatic rings. The number of hydrogen-bond acceptors (Lipinski definition) is 4. The SMILES string of the molecule is CC(OCCCNC(=O)CC(NC(N)=O)c1cccs1)c1ccccc1. The van der Waals surface area contributed by atoms with Crippen LogP contribution in [0, 0.1) is 0 Å². The molecule has 140 valence electrons. The highest BCUT2D eigenvalue weighted by Gasteiger charge is 2.18. The van der Waals surface area contributed by atoms with Gasteiger partial charge in [-0.1, -0.05) is 36.4 Å². The molecule has 4 N–H and O–H groups in total. The summed E-state index contributed by atoms with van der Waals surface area (Å²) >= 11 is 1.48. The second kappa shape index (κ2) is 10.6. The van der Waals surface area contributed by atoms with Crippen molar-refractivity contribution in [3.63, 3.8) is 0 Å². The summed E-state index contributed by atoms with van der Waals surface area (Å²) in [7, 11) is 0. The van der Waals surface area contributed by atoms with E-state index in [0.717, 1.165) is 16.9 Å². The quantitative estimate of drug-likeness (QED) is 0.557. The summed E-state index contributed by atoms with van der Waals surface area (Å²) in [6.45, 7) is 3.09. The zero-order valence-electron chi connectivity index (χ0n) is 14.8. The van der Waals surface area contributed by atoms with Crippen LogP contribution in [-0.2, 0) is 9.53 Å². The number of ether oxygens (including phenoxy) is 1. The van der Waals surface area contributed by atoms with Crippen LogP contribution in [0.4, 0.5) is 4.79 Å². The number of rotatable bonds is 10. The number of amides is 3. The number of nitrogens with two attached hydrogens (primary N) is 1. The molecular weight excluding hydrogens is 350 g/mol. The van der Waals surface area contributed by atoms with Gasteiger partial charge in [0.15, 0.2) is 0 Å². The number of thiophene rings is 1. The lowest BCUT2D eigenvalue weighted by Crippen LogP contribution is -2.36. The Balaban J connectivity index is 1.67. The van der Waals surface area contributed by atoms with Crippen molar-refractivity contribution in [3.05, 3.63) is 58.3 Å². The third kappa shape index (κ3) is 6.85. The fourth-order valence-electron chi connectivity index (χ4n) is 2.52. The van der Waals surface area contributed by atoms with Gasteiger partial charge in [-0.25, -0.2) is 4.79 Å². The van der Waals surface area contributed by atoms with E-state index in [0.29, 0.717) is 13.2 Å². The number of benzene rings is 1. The van der Waals surface area contributed by atoms with E-state index < -0.39 is 12.1 Å². The molecule has 0 aliphatic heterocycles. The normalized spacial score (nSPS) is 13.0. The molecule has 0 spiro atoms. The Kier molecular flexibility index (Phi) is 8.11. The first-order valence-corrected chi connectivity index (χ1v) is 9.47. The molecule has 1 heterocycles. The predicted molar refractivity (Wildman–Crippen MR) is 103 cm³/mol. The Labute approximate surface area is 157 Å². The molecule has 0 saturated carbocycles. The summed E-state index contributed by atoms with van der Waals surface area (Å²) in [6, 6.07) is 12.7. The van der Waals surface area contributed by atoms with Gasteiger partial charge in [0.25, 0.3) is 0 Å². The van der Waals surface area contributed by atoms with E-state index in [-0.39, 0.29) is 18.4 Å². The van der Waals surface area contributed by atoms with Crippen LogP contribution in [0.15, 0.2) is 47.8 Å². The second-order valence-corrected chi connectivity index (χ2v) is 6.89. The maximum atomic E-state index is 12.1. The monoisotopic (exact) mass is 375 g/mol. The Morgan fingerprint density at radius 1 is 1.19 bits per heavy atom. The number of urea groups is 1. The van der Waals surface area contributed by atoms with Crippen LogP contribution >= 0.6 is 11.3 Å². The van der Waals surface area contributed by atoms with Gasteiger partial charge >= 0.3 is 6.03 Å². The molecule has 2 unspecified atom stereocenters. The van der Waals surface area contributed by atoms with Crippen LogP contribution in [0.2, 0.25) is 0 Å². The van der Waals surface area contributed by atoms with Crippen LogP contribution < -0.4 is 16.4 Å². The van der Waals surface area contributed by atoms with Gasteiger partial charge in [-0.15, -0.1) is 11.3 Å². The lowest BCUT2D eigenvalue weighted by Gasteiger charge is -2.16. The highest BCUT2D eigenvalue weighted by atomic mass is 32.1. The van der Waals surface area contributed by atoms with Gasteiger partial charge in [-0.2, -0.15) is 0 Å². The van der Waals surface area contributed by atoms with Crippen molar-refractivity contribution in [1.82, 2.24) is 10.6 Å². The maximum Gasteiger partial charge on any atom is 0.312 e. The number of hydrogen-bond donors (Lipinski definition) is 3. The van der Waals surface area contributed by atoms with Crippen molar-refractivity contribution in [3.8, 4) is 0 Å². The van der Waals surface area contributed by atoms with Crippen molar-refractivity contribution in [1.29, 1.82) is 0 Å². The molecule has 1 aromatic heterocycles. The molecule has 3 amide bonds. The number of carbonyl (C=O) groups excluding carboxylic acids is 2. The minimum atomic E-state index is -0.639. The summed E-state index contributed by atoms with van der Waals surface area (Å²) < 4.78 is 5.78. The molecule has 2 atom stereocenters. The highest BCUT2D eigenvalue weighted by molar-refractivity contribution is 7.10. The molecule has 2 aromatic rings. The first-order valence-electron chi connectivity index (χ1n) is 8.59. The largest absolute Gasteiger partial charge is 0.374 e. The number of nitrogens with one attached hydrogen (secondary N) is 2. The molecule has 0 aliphatic carbocycles. The lowest BCUT2D eigenvalue weighted by molar-refractivity contribution is -0.121. The van der Waals surface area contributed by atoms with E-state index in [1.165, 1.54) is 11.3 Å². The topological polar surface area (TPSA) is 93.4 Å². The molecule has 7 heteroatoms. The van der Waals surface area contributed by atoms with Crippen molar-refractivity contribution >= 4 is 23.3 Å². The highest BCUT2D eigenvalue weighted by Crippen LogP contribution is 2.21. The van der Waals surface area contributed by atoms with Gasteiger partial charge < -0.3 is 21.1 Å². The zero-order valence-corrected chi connectivity index (χ0v) is 15.6. The average Bonchev–Trinajstić information content (AvgIpc) is 3.15. The van der Waals surface area contributed by atoms with Crippen LogP contribution in [0.3, 0.4) is 0 Å². The smallest absolute Gasteiger partial charge is 0.312 e. The van der Waals surface area contributed by atoms with E-state index >= 15 is 0 Å². The molecule has 0 radical (unpaired) electrons. The summed E-state index contributed by atoms with van der Waals surface area (Å²) in [5.41, 5.74) is 6.33. The molecule has 6 nitrogen and oxygen atoms in total. The minimum Gasteiger partial charge on any atom is -0.374 e. The third-order valence-electron chi connectivity index (χ3n) is 3.87. The fraction of sp³-hybridized carbons (Fsp3) is 0.368. The molecule has 1 aromatic carbocycles. The van der Waals surface area contributed by atoms with Gasteiger partial charge in [0, 0.05) is 18.0 Å². The van der Waals surface area contributed by atoms with Crippen molar-refractivity contribution in [2.45, 2.75) is 31.9 Å². The molecular formula is C19H25N3O3S. The van der Waals surface area contributed by atoms with Gasteiger partial charge in [0.05, 0.1) is 18.6 Å². The average molecular weight is 375 g/mol. The summed E-state index contributed by atoms with van der Waals surface area (Å²) in [6.07, 6.45) is 0.899. The van der Waals surface area contributed by atoms with Crippen LogP contribution in [0.25, 0.3) is 0 Å². The van der Waals surface area contributed by atoms with Gasteiger partial charge in [0.1, 0.15) is 0 Å². The minimum absolute atomic E-state index is 0.0230.